The number of aliphatic carboxylic acids is 2. The number of pyridine rings is 1. The van der Waals surface area contributed by atoms with Gasteiger partial charge in [-0.2, -0.15) is 26.3 Å². The van der Waals surface area contributed by atoms with Crippen LogP contribution in [0.3, 0.4) is 0 Å². The molecule has 3 heterocycles. The van der Waals surface area contributed by atoms with Gasteiger partial charge in [0, 0.05) is 25.8 Å². The normalized spacial score (nSPS) is 12.9. The monoisotopic (exact) mass is 723 g/mol. The Morgan fingerprint density at radius 3 is 1.92 bits per heavy atom. The number of aromatic carboxylic acids is 1. The van der Waals surface area contributed by atoms with Crippen LogP contribution in [0.25, 0.3) is 0 Å². The highest BCUT2D eigenvalue weighted by molar-refractivity contribution is 6.30. The van der Waals surface area contributed by atoms with Gasteiger partial charge in [0.1, 0.15) is 17.3 Å². The Labute approximate surface area is 275 Å². The lowest BCUT2D eigenvalue weighted by molar-refractivity contribution is -0.193. The van der Waals surface area contributed by atoms with E-state index in [1.54, 1.807) is 6.07 Å². The first-order valence-electron chi connectivity index (χ1n) is 13.3. The zero-order valence-corrected chi connectivity index (χ0v) is 25.2. The van der Waals surface area contributed by atoms with Crippen LogP contribution >= 0.6 is 11.6 Å². The van der Waals surface area contributed by atoms with E-state index in [0.29, 0.717) is 10.8 Å². The van der Waals surface area contributed by atoms with Gasteiger partial charge in [-0.25, -0.2) is 29.3 Å². The molecule has 4 rings (SSSR count). The van der Waals surface area contributed by atoms with E-state index in [1.165, 1.54) is 42.9 Å². The van der Waals surface area contributed by atoms with Crippen molar-refractivity contribution < 1.29 is 65.6 Å². The molecule has 0 atom stereocenters. The number of carboxylic acid groups (broad SMARTS) is 3. The number of carbonyl (C=O) groups excluding carboxylic acids is 2. The molecular formula is C27H24ClF6N7O8. The SMILES string of the molecule is O=C(O)C(F)(F)F.O=C(O)C(F)(F)F.O=C(O)c1ccc(NC(=O)c2cnc(N3CCCNCC3)cn2)c(C(=O)Nc2ccc(Cl)cn2)c1. The van der Waals surface area contributed by atoms with Gasteiger partial charge in [0.2, 0.25) is 0 Å². The fraction of sp³-hybridized carbons (Fsp3) is 0.259. The molecule has 6 N–H and O–H groups in total. The number of nitrogens with zero attached hydrogens (tertiary/aromatic N) is 4. The molecule has 0 saturated carbocycles. The molecule has 1 saturated heterocycles. The van der Waals surface area contributed by atoms with Gasteiger partial charge < -0.3 is 36.2 Å². The number of nitrogens with one attached hydrogen (secondary N) is 3. The van der Waals surface area contributed by atoms with E-state index in [4.69, 9.17) is 31.4 Å². The van der Waals surface area contributed by atoms with Gasteiger partial charge in [-0.05, 0) is 43.3 Å². The van der Waals surface area contributed by atoms with Crippen molar-refractivity contribution in [2.45, 2.75) is 18.8 Å². The van der Waals surface area contributed by atoms with Gasteiger partial charge in [0.15, 0.2) is 0 Å². The molecule has 22 heteroatoms. The van der Waals surface area contributed by atoms with Crippen molar-refractivity contribution in [2.75, 3.05) is 41.7 Å². The Balaban J connectivity index is 0.000000500. The predicted molar refractivity (Wildman–Crippen MR) is 158 cm³/mol. The lowest BCUT2D eigenvalue weighted by atomic mass is 10.1. The summed E-state index contributed by atoms with van der Waals surface area (Å²) < 4.78 is 63.5. The molecule has 49 heavy (non-hydrogen) atoms. The van der Waals surface area contributed by atoms with Crippen molar-refractivity contribution in [3.05, 3.63) is 70.8 Å². The number of anilines is 3. The summed E-state index contributed by atoms with van der Waals surface area (Å²) in [6.45, 7) is 3.41. The largest absolute Gasteiger partial charge is 0.490 e. The van der Waals surface area contributed by atoms with Crippen molar-refractivity contribution >= 4 is 58.6 Å². The quantitative estimate of drug-likeness (QED) is 0.199. The summed E-state index contributed by atoms with van der Waals surface area (Å²) >= 11 is 5.82. The summed E-state index contributed by atoms with van der Waals surface area (Å²) in [7, 11) is 0. The summed E-state index contributed by atoms with van der Waals surface area (Å²) in [5, 5.41) is 32.5. The highest BCUT2D eigenvalue weighted by Crippen LogP contribution is 2.21. The second-order valence-corrected chi connectivity index (χ2v) is 9.73. The maximum absolute atomic E-state index is 12.9. The second kappa shape index (κ2) is 17.5. The number of carbonyl (C=O) groups is 5. The van der Waals surface area contributed by atoms with Gasteiger partial charge in [-0.3, -0.25) is 9.59 Å². The number of alkyl halides is 6. The third-order valence-corrected chi connectivity index (χ3v) is 5.97. The number of aromatic nitrogens is 3. The molecule has 1 aliphatic rings. The third-order valence-electron chi connectivity index (χ3n) is 5.75. The van der Waals surface area contributed by atoms with Crippen molar-refractivity contribution in [3.8, 4) is 0 Å². The summed E-state index contributed by atoms with van der Waals surface area (Å²) in [4.78, 5) is 69.6. The van der Waals surface area contributed by atoms with Gasteiger partial charge in [-0.1, -0.05) is 11.6 Å². The van der Waals surface area contributed by atoms with Crippen LogP contribution in [0.4, 0.5) is 43.7 Å². The van der Waals surface area contributed by atoms with Crippen LogP contribution in [0.15, 0.2) is 48.9 Å². The van der Waals surface area contributed by atoms with Crippen LogP contribution in [0.5, 0.6) is 0 Å². The minimum Gasteiger partial charge on any atom is -0.478 e. The molecule has 1 aromatic carbocycles. The van der Waals surface area contributed by atoms with E-state index in [1.807, 2.05) is 0 Å². The molecule has 0 spiro atoms. The highest BCUT2D eigenvalue weighted by Gasteiger charge is 2.38. The Hall–Kier alpha value is -5.57. The lowest BCUT2D eigenvalue weighted by Crippen LogP contribution is -2.29. The number of halogens is 7. The average molecular weight is 724 g/mol. The van der Waals surface area contributed by atoms with Crippen LogP contribution in [0.1, 0.15) is 37.6 Å². The molecule has 0 radical (unpaired) electrons. The zero-order chi connectivity index (χ0) is 36.9. The number of benzene rings is 1. The van der Waals surface area contributed by atoms with Crippen molar-refractivity contribution in [2.24, 2.45) is 0 Å². The molecule has 1 fully saturated rings. The molecule has 2 amide bonds. The van der Waals surface area contributed by atoms with E-state index in [0.717, 1.165) is 32.6 Å². The first-order valence-corrected chi connectivity index (χ1v) is 13.7. The van der Waals surface area contributed by atoms with E-state index in [9.17, 15) is 45.8 Å². The van der Waals surface area contributed by atoms with Crippen LogP contribution in [0, 0.1) is 0 Å². The number of hydrogen-bond acceptors (Lipinski definition) is 10. The molecule has 1 aliphatic heterocycles. The highest BCUT2D eigenvalue weighted by atomic mass is 35.5. The van der Waals surface area contributed by atoms with Gasteiger partial charge in [0.25, 0.3) is 11.8 Å². The first kappa shape index (κ1) is 39.6. The van der Waals surface area contributed by atoms with Crippen LogP contribution < -0.4 is 20.9 Å². The molecule has 0 unspecified atom stereocenters. The van der Waals surface area contributed by atoms with Crippen molar-refractivity contribution in [1.29, 1.82) is 0 Å². The zero-order valence-electron chi connectivity index (χ0n) is 24.5. The van der Waals surface area contributed by atoms with Crippen LogP contribution in [-0.4, -0.2) is 98.5 Å². The number of carboxylic acids is 3. The molecule has 3 aromatic rings. The molecule has 0 aliphatic carbocycles. The Kier molecular flexibility index (Phi) is 14.2. The Morgan fingerprint density at radius 2 is 1.41 bits per heavy atom. The molecule has 0 bridgehead atoms. The number of hydrogen-bond donors (Lipinski definition) is 6. The minimum atomic E-state index is -5.08. The number of amides is 2. The van der Waals surface area contributed by atoms with E-state index < -0.39 is 42.1 Å². The van der Waals surface area contributed by atoms with Gasteiger partial charge in [-0.15, -0.1) is 0 Å². The fourth-order valence-corrected chi connectivity index (χ4v) is 3.58. The van der Waals surface area contributed by atoms with Crippen LogP contribution in [0.2, 0.25) is 5.02 Å². The summed E-state index contributed by atoms with van der Waals surface area (Å²) in [6.07, 6.45) is -4.93. The molecule has 15 nitrogen and oxygen atoms in total. The first-order chi connectivity index (χ1) is 22.8. The average Bonchev–Trinajstić information content (AvgIpc) is 3.32. The van der Waals surface area contributed by atoms with E-state index >= 15 is 0 Å². The molecule has 2 aromatic heterocycles. The summed E-state index contributed by atoms with van der Waals surface area (Å²) in [6, 6.07) is 6.85. The number of rotatable bonds is 6. The van der Waals surface area contributed by atoms with Gasteiger partial charge in [0.05, 0.1) is 34.2 Å². The standard InChI is InChI=1S/C23H22ClN7O4.2C2HF3O2/c24-15-3-5-19(27-11-15)30-21(32)16-10-14(23(34)35)2-4-17(16)29-22(33)18-12-28-20(13-26-18)31-8-1-6-25-7-9-31;2*3-2(4,5)1(6)7/h2-5,10-13,25H,1,6-9H2,(H,29,33)(H,34,35)(H,27,30,32);2*(H,6,7). The summed E-state index contributed by atoms with van der Waals surface area (Å²) in [5.41, 5.74) is -0.0180. The maximum atomic E-state index is 12.9. The van der Waals surface area contributed by atoms with E-state index in [-0.39, 0.29) is 28.3 Å². The molecule has 264 valence electrons. The van der Waals surface area contributed by atoms with E-state index in [2.05, 4.69) is 35.8 Å². The molecular weight excluding hydrogens is 700 g/mol. The lowest BCUT2D eigenvalue weighted by Gasteiger charge is -2.20. The Bertz CT molecular complexity index is 1610. The smallest absolute Gasteiger partial charge is 0.478 e. The topological polar surface area (TPSA) is 224 Å². The maximum Gasteiger partial charge on any atom is 0.490 e. The van der Waals surface area contributed by atoms with Crippen molar-refractivity contribution in [3.63, 3.8) is 0 Å². The predicted octanol–water partition coefficient (Wildman–Crippen LogP) is 3.79. The van der Waals surface area contributed by atoms with Crippen LogP contribution in [-0.2, 0) is 9.59 Å². The summed E-state index contributed by atoms with van der Waals surface area (Å²) in [5.74, 6) is -7.10. The second-order valence-electron chi connectivity index (χ2n) is 9.29. The van der Waals surface area contributed by atoms with Crippen molar-refractivity contribution in [1.82, 2.24) is 20.3 Å². The Morgan fingerprint density at radius 1 is 0.776 bits per heavy atom. The third kappa shape index (κ3) is 13.2. The van der Waals surface area contributed by atoms with Gasteiger partial charge >= 0.3 is 30.3 Å². The minimum absolute atomic E-state index is 0.0507. The fourth-order valence-electron chi connectivity index (χ4n) is 3.47.